The summed E-state index contributed by atoms with van der Waals surface area (Å²) in [5.41, 5.74) is 7.84. The lowest BCUT2D eigenvalue weighted by Crippen LogP contribution is -2.10. The monoisotopic (exact) mass is 692 g/mol. The van der Waals surface area contributed by atoms with Crippen molar-refractivity contribution in [2.45, 2.75) is 47.0 Å². The van der Waals surface area contributed by atoms with Crippen LogP contribution in [0.4, 0.5) is 0 Å². The Labute approximate surface area is 317 Å². The van der Waals surface area contributed by atoms with Crippen LogP contribution in [-0.2, 0) is 5.41 Å². The fourth-order valence-corrected chi connectivity index (χ4v) is 8.89. The van der Waals surface area contributed by atoms with Gasteiger partial charge in [-0.15, -0.1) is 0 Å². The zero-order valence-electron chi connectivity index (χ0n) is 32.1. The second-order valence-corrected chi connectivity index (χ2v) is 17.6. The number of allylic oxidation sites excluding steroid dienone is 1. The molecule has 54 heavy (non-hydrogen) atoms. The van der Waals surface area contributed by atoms with Gasteiger partial charge in [0.25, 0.3) is 0 Å². The van der Waals surface area contributed by atoms with Crippen molar-refractivity contribution in [3.05, 3.63) is 156 Å². The zero-order valence-corrected chi connectivity index (χ0v) is 32.1. The van der Waals surface area contributed by atoms with Crippen molar-refractivity contribution in [2.24, 2.45) is 5.41 Å². The predicted molar refractivity (Wildman–Crippen MR) is 239 cm³/mol. The lowest BCUT2D eigenvalue weighted by Gasteiger charge is -2.22. The summed E-state index contributed by atoms with van der Waals surface area (Å²) in [4.78, 5) is 0. The molecule has 0 spiro atoms. The van der Waals surface area contributed by atoms with Gasteiger partial charge in [0.05, 0.1) is 0 Å². The SMILES string of the molecule is C=c1ccc2c(-c3ccc4c(ccc5cc(-c6ccc7ccc8cc(C(C)(C)C)cc9ccc6c7c89)ccc54)c3)ccc3ccc(C=CC(C)(C)C)c1c32. The van der Waals surface area contributed by atoms with Crippen LogP contribution in [0.25, 0.3) is 110 Å². The highest BCUT2D eigenvalue weighted by molar-refractivity contribution is 6.26. The van der Waals surface area contributed by atoms with Gasteiger partial charge in [0, 0.05) is 0 Å². The average molecular weight is 693 g/mol. The zero-order chi connectivity index (χ0) is 37.1. The first-order chi connectivity index (χ1) is 25.9. The smallest absolute Gasteiger partial charge is 0.00206 e. The van der Waals surface area contributed by atoms with Crippen molar-refractivity contribution in [2.75, 3.05) is 0 Å². The molecule has 0 fully saturated rings. The summed E-state index contributed by atoms with van der Waals surface area (Å²) in [6, 6.07) is 50.8. The summed E-state index contributed by atoms with van der Waals surface area (Å²) in [6.07, 6.45) is 4.57. The minimum absolute atomic E-state index is 0.102. The van der Waals surface area contributed by atoms with E-state index in [1.807, 2.05) is 0 Å². The summed E-state index contributed by atoms with van der Waals surface area (Å²) < 4.78 is 0. The first kappa shape index (κ1) is 32.7. The summed E-state index contributed by atoms with van der Waals surface area (Å²) in [7, 11) is 0. The Kier molecular flexibility index (Phi) is 6.96. The normalized spacial score (nSPS) is 13.0. The quantitative estimate of drug-likeness (QED) is 0.162. The molecule has 0 aliphatic carbocycles. The van der Waals surface area contributed by atoms with Crippen molar-refractivity contribution in [3.63, 3.8) is 0 Å². The van der Waals surface area contributed by atoms with Crippen LogP contribution < -0.4 is 5.22 Å². The minimum atomic E-state index is 0.102. The van der Waals surface area contributed by atoms with Crippen LogP contribution in [0.2, 0.25) is 0 Å². The molecular weight excluding hydrogens is 649 g/mol. The van der Waals surface area contributed by atoms with Gasteiger partial charge < -0.3 is 0 Å². The predicted octanol–water partition coefficient (Wildman–Crippen LogP) is 15.0. The van der Waals surface area contributed by atoms with Crippen LogP contribution in [0, 0.1) is 5.41 Å². The maximum Gasteiger partial charge on any atom is -0.00206 e. The molecule has 0 radical (unpaired) electrons. The summed E-state index contributed by atoms with van der Waals surface area (Å²) >= 11 is 0. The van der Waals surface area contributed by atoms with Gasteiger partial charge in [-0.2, -0.15) is 0 Å². The summed E-state index contributed by atoms with van der Waals surface area (Å²) in [5.74, 6) is 0. The number of hydrogen-bond donors (Lipinski definition) is 0. The number of rotatable bonds is 3. The molecular formula is C54H44. The number of fused-ring (bicyclic) bond motifs is 3. The van der Waals surface area contributed by atoms with Gasteiger partial charge in [-0.25, -0.2) is 0 Å². The van der Waals surface area contributed by atoms with E-state index in [1.165, 1.54) is 109 Å². The Bertz CT molecular complexity index is 3210. The Morgan fingerprint density at radius 2 is 0.870 bits per heavy atom. The van der Waals surface area contributed by atoms with Crippen LogP contribution in [-0.4, -0.2) is 0 Å². The highest BCUT2D eigenvalue weighted by Crippen LogP contribution is 2.43. The Balaban J connectivity index is 1.08. The van der Waals surface area contributed by atoms with Crippen molar-refractivity contribution in [1.29, 1.82) is 0 Å². The van der Waals surface area contributed by atoms with Crippen LogP contribution >= 0.6 is 0 Å². The van der Waals surface area contributed by atoms with E-state index in [0.29, 0.717) is 0 Å². The van der Waals surface area contributed by atoms with Gasteiger partial charge in [-0.1, -0.05) is 182 Å². The third-order valence-electron chi connectivity index (χ3n) is 11.7. The second-order valence-electron chi connectivity index (χ2n) is 17.6. The Morgan fingerprint density at radius 3 is 1.44 bits per heavy atom. The van der Waals surface area contributed by atoms with Gasteiger partial charge in [-0.05, 0) is 137 Å². The molecule has 0 N–H and O–H groups in total. The topological polar surface area (TPSA) is 0 Å². The number of benzene rings is 10. The molecule has 0 heterocycles. The molecule has 0 heteroatoms. The van der Waals surface area contributed by atoms with Crippen LogP contribution in [0.1, 0.15) is 52.7 Å². The molecule has 10 aromatic carbocycles. The van der Waals surface area contributed by atoms with Gasteiger partial charge in [-0.3, -0.25) is 0 Å². The van der Waals surface area contributed by atoms with Gasteiger partial charge in [0.15, 0.2) is 0 Å². The summed E-state index contributed by atoms with van der Waals surface area (Å²) in [6.45, 7) is 18.1. The molecule has 0 atom stereocenters. The largest absolute Gasteiger partial charge is 0.0911 e. The first-order valence-electron chi connectivity index (χ1n) is 19.3. The Hall–Kier alpha value is -5.98. The van der Waals surface area contributed by atoms with Crippen LogP contribution in [0.3, 0.4) is 0 Å². The van der Waals surface area contributed by atoms with E-state index in [0.717, 1.165) is 5.22 Å². The third kappa shape index (κ3) is 5.12. The van der Waals surface area contributed by atoms with Crippen molar-refractivity contribution in [3.8, 4) is 22.3 Å². The van der Waals surface area contributed by atoms with E-state index in [2.05, 4.69) is 194 Å². The maximum atomic E-state index is 4.46. The van der Waals surface area contributed by atoms with E-state index in [9.17, 15) is 0 Å². The molecule has 0 aliphatic heterocycles. The first-order valence-corrected chi connectivity index (χ1v) is 19.3. The van der Waals surface area contributed by atoms with E-state index >= 15 is 0 Å². The molecule has 0 nitrogen and oxygen atoms in total. The molecule has 0 saturated heterocycles. The van der Waals surface area contributed by atoms with E-state index in [-0.39, 0.29) is 10.8 Å². The van der Waals surface area contributed by atoms with Gasteiger partial charge in [0.1, 0.15) is 0 Å². The van der Waals surface area contributed by atoms with E-state index < -0.39 is 0 Å². The van der Waals surface area contributed by atoms with E-state index in [1.54, 1.807) is 0 Å². The van der Waals surface area contributed by atoms with Crippen molar-refractivity contribution < 1.29 is 0 Å². The molecule has 260 valence electrons. The molecule has 0 amide bonds. The van der Waals surface area contributed by atoms with Crippen LogP contribution in [0.15, 0.2) is 140 Å². The third-order valence-corrected chi connectivity index (χ3v) is 11.7. The molecule has 0 bridgehead atoms. The lowest BCUT2D eigenvalue weighted by atomic mass is 9.82. The number of hydrogen-bond acceptors (Lipinski definition) is 0. The molecule has 0 saturated carbocycles. The van der Waals surface area contributed by atoms with Gasteiger partial charge in [0.2, 0.25) is 0 Å². The fourth-order valence-electron chi connectivity index (χ4n) is 8.89. The van der Waals surface area contributed by atoms with E-state index in [4.69, 9.17) is 0 Å². The fraction of sp³-hybridized carbons (Fsp3) is 0.148. The standard InChI is InChI=1S/C54H44/c1-32-8-20-47-45(21-15-33-9-10-35(49(32)51(33)47)26-27-53(2,3)4)38-17-23-43-36(28-38)12-13-37-29-39(18-24-44(37)43)46-22-16-34-11-14-40-30-42(54(5,6)7)31-41-19-25-48(46)52(34)50(40)41/h8-31H,1H2,2-7H3. The maximum absolute atomic E-state index is 4.46. The molecule has 0 aromatic heterocycles. The second kappa shape index (κ2) is 11.5. The van der Waals surface area contributed by atoms with Crippen molar-refractivity contribution >= 4 is 88.1 Å². The highest BCUT2D eigenvalue weighted by Gasteiger charge is 2.19. The molecule has 10 aromatic rings. The molecule has 0 unspecified atom stereocenters. The molecule has 0 aliphatic rings. The Morgan fingerprint density at radius 1 is 0.407 bits per heavy atom. The van der Waals surface area contributed by atoms with Gasteiger partial charge >= 0.3 is 0 Å². The molecule has 10 rings (SSSR count). The highest BCUT2D eigenvalue weighted by atomic mass is 14.2. The lowest BCUT2D eigenvalue weighted by molar-refractivity contribution is 0.547. The van der Waals surface area contributed by atoms with Crippen LogP contribution in [0.5, 0.6) is 0 Å². The van der Waals surface area contributed by atoms with Crippen molar-refractivity contribution in [1.82, 2.24) is 0 Å². The summed E-state index contributed by atoms with van der Waals surface area (Å²) in [5, 5.41) is 19.2. The minimum Gasteiger partial charge on any atom is -0.0911 e. The average Bonchev–Trinajstić information content (AvgIpc) is 3.16.